The van der Waals surface area contributed by atoms with E-state index >= 15 is 0 Å². The summed E-state index contributed by atoms with van der Waals surface area (Å²) in [5.74, 6) is -0.0884. The van der Waals surface area contributed by atoms with E-state index in [4.69, 9.17) is 0 Å². The van der Waals surface area contributed by atoms with E-state index in [0.29, 0.717) is 38.3 Å². The first-order chi connectivity index (χ1) is 9.49. The van der Waals surface area contributed by atoms with Crippen molar-refractivity contribution in [1.82, 2.24) is 21.3 Å². The molecule has 0 aliphatic heterocycles. The maximum atomic E-state index is 11.5. The smallest absolute Gasteiger partial charge is 0.234 e. The van der Waals surface area contributed by atoms with Gasteiger partial charge in [-0.1, -0.05) is 13.8 Å². The van der Waals surface area contributed by atoms with E-state index in [0.717, 1.165) is 12.8 Å². The molecule has 0 heterocycles. The molecule has 0 aromatic heterocycles. The Bertz CT molecular complexity index is 256. The number of rotatable bonds is 11. The highest BCUT2D eigenvalue weighted by molar-refractivity contribution is 5.79. The van der Waals surface area contributed by atoms with Gasteiger partial charge < -0.3 is 21.3 Å². The van der Waals surface area contributed by atoms with Crippen LogP contribution in [-0.4, -0.2) is 50.1 Å². The molecule has 2 amide bonds. The van der Waals surface area contributed by atoms with Crippen molar-refractivity contribution in [3.63, 3.8) is 0 Å². The van der Waals surface area contributed by atoms with Crippen molar-refractivity contribution >= 4 is 11.8 Å². The number of nitrogens with one attached hydrogen (secondary N) is 4. The van der Waals surface area contributed by atoms with Crippen LogP contribution in [0, 0.1) is 0 Å². The van der Waals surface area contributed by atoms with Gasteiger partial charge in [-0.25, -0.2) is 0 Å². The number of hydrogen-bond donors (Lipinski definition) is 4. The van der Waals surface area contributed by atoms with Crippen LogP contribution >= 0.6 is 0 Å². The summed E-state index contributed by atoms with van der Waals surface area (Å²) >= 11 is 0. The van der Waals surface area contributed by atoms with Gasteiger partial charge in [0.15, 0.2) is 0 Å². The van der Waals surface area contributed by atoms with Crippen LogP contribution in [0.25, 0.3) is 0 Å². The zero-order chi connectivity index (χ0) is 15.4. The molecule has 0 aromatic rings. The van der Waals surface area contributed by atoms with Gasteiger partial charge in [0.25, 0.3) is 0 Å². The summed E-state index contributed by atoms with van der Waals surface area (Å²) in [5.41, 5.74) is 0. The summed E-state index contributed by atoms with van der Waals surface area (Å²) in [7, 11) is 0. The molecule has 0 bridgehead atoms. The summed E-state index contributed by atoms with van der Waals surface area (Å²) < 4.78 is 0. The second-order valence-corrected chi connectivity index (χ2v) is 5.08. The summed E-state index contributed by atoms with van der Waals surface area (Å²) in [5, 5.41) is 11.7. The van der Waals surface area contributed by atoms with Crippen molar-refractivity contribution in [3.8, 4) is 0 Å². The zero-order valence-electron chi connectivity index (χ0n) is 13.2. The molecule has 0 saturated heterocycles. The van der Waals surface area contributed by atoms with Crippen LogP contribution in [0.15, 0.2) is 0 Å². The normalized spacial score (nSPS) is 13.6. The van der Waals surface area contributed by atoms with Crippen LogP contribution < -0.4 is 21.3 Å². The number of hydrogen-bond acceptors (Lipinski definition) is 4. The van der Waals surface area contributed by atoms with E-state index in [1.165, 1.54) is 0 Å². The second kappa shape index (κ2) is 11.7. The third-order valence-electron chi connectivity index (χ3n) is 3.22. The monoisotopic (exact) mass is 286 g/mol. The maximum absolute atomic E-state index is 11.5. The van der Waals surface area contributed by atoms with Crippen molar-refractivity contribution in [1.29, 1.82) is 0 Å². The van der Waals surface area contributed by atoms with Crippen LogP contribution in [0.3, 0.4) is 0 Å². The Kier molecular flexibility index (Phi) is 11.0. The number of carbonyl (C=O) groups is 2. The van der Waals surface area contributed by atoms with Gasteiger partial charge in [-0.15, -0.1) is 0 Å². The van der Waals surface area contributed by atoms with Crippen LogP contribution in [-0.2, 0) is 9.59 Å². The first-order valence-electron chi connectivity index (χ1n) is 7.49. The molecule has 118 valence electrons. The molecule has 6 heteroatoms. The lowest BCUT2D eigenvalue weighted by Crippen LogP contribution is -2.43. The molecule has 0 unspecified atom stereocenters. The Balaban J connectivity index is 3.51. The van der Waals surface area contributed by atoms with Crippen molar-refractivity contribution in [2.75, 3.05) is 26.2 Å². The van der Waals surface area contributed by atoms with Gasteiger partial charge in [-0.3, -0.25) is 9.59 Å². The fourth-order valence-electron chi connectivity index (χ4n) is 1.35. The summed E-state index contributed by atoms with van der Waals surface area (Å²) in [6, 6.07) is 0.680. The van der Waals surface area contributed by atoms with Crippen molar-refractivity contribution in [3.05, 3.63) is 0 Å². The Morgan fingerprint density at radius 3 is 1.45 bits per heavy atom. The van der Waals surface area contributed by atoms with E-state index in [1.807, 2.05) is 13.8 Å². The van der Waals surface area contributed by atoms with E-state index in [-0.39, 0.29) is 11.8 Å². The van der Waals surface area contributed by atoms with Crippen molar-refractivity contribution in [2.45, 2.75) is 52.6 Å². The van der Waals surface area contributed by atoms with Crippen molar-refractivity contribution < 1.29 is 9.59 Å². The average Bonchev–Trinajstić information content (AvgIpc) is 2.46. The van der Waals surface area contributed by atoms with Gasteiger partial charge in [0.2, 0.25) is 11.8 Å². The van der Waals surface area contributed by atoms with Crippen molar-refractivity contribution in [2.24, 2.45) is 0 Å². The summed E-state index contributed by atoms with van der Waals surface area (Å²) in [4.78, 5) is 22.9. The number of amides is 2. The minimum atomic E-state index is -0.0442. The predicted molar refractivity (Wildman–Crippen MR) is 81.5 cm³/mol. The van der Waals surface area contributed by atoms with Gasteiger partial charge in [0.1, 0.15) is 0 Å². The third-order valence-corrected chi connectivity index (χ3v) is 3.22. The Morgan fingerprint density at radius 2 is 1.15 bits per heavy atom. The molecule has 0 rings (SSSR count). The molecule has 0 aliphatic rings. The Morgan fingerprint density at radius 1 is 0.800 bits per heavy atom. The minimum Gasteiger partial charge on any atom is -0.353 e. The summed E-state index contributed by atoms with van der Waals surface area (Å²) in [6.07, 6.45) is 1.99. The standard InChI is InChI=1S/C14H30N4O2/c1-5-11(3)17-9-13(19)15-7-8-16-14(20)10-18-12(4)6-2/h11-12,17-18H,5-10H2,1-4H3,(H,15,19)(H,16,20)/t11-,12-/m1/s1. The number of carbonyl (C=O) groups excluding carboxylic acids is 2. The predicted octanol–water partition coefficient (Wildman–Crippen LogP) is -0.00500. The first-order valence-corrected chi connectivity index (χ1v) is 7.49. The van der Waals surface area contributed by atoms with Crippen LogP contribution in [0.4, 0.5) is 0 Å². The lowest BCUT2D eigenvalue weighted by Gasteiger charge is -2.12. The second-order valence-electron chi connectivity index (χ2n) is 5.08. The molecule has 20 heavy (non-hydrogen) atoms. The molecule has 4 N–H and O–H groups in total. The van der Waals surface area contributed by atoms with Gasteiger partial charge in [-0.2, -0.15) is 0 Å². The van der Waals surface area contributed by atoms with E-state index in [9.17, 15) is 9.59 Å². The lowest BCUT2D eigenvalue weighted by molar-refractivity contribution is -0.122. The Labute approximate surface area is 122 Å². The molecule has 0 spiro atoms. The molecular weight excluding hydrogens is 256 g/mol. The van der Waals surface area contributed by atoms with E-state index in [2.05, 4.69) is 35.1 Å². The lowest BCUT2D eigenvalue weighted by atomic mass is 10.2. The Hall–Kier alpha value is -1.14. The molecule has 0 aromatic carbocycles. The molecule has 6 nitrogen and oxygen atoms in total. The molecule has 0 radical (unpaired) electrons. The topological polar surface area (TPSA) is 82.3 Å². The average molecular weight is 286 g/mol. The highest BCUT2D eigenvalue weighted by atomic mass is 16.2. The third kappa shape index (κ3) is 10.8. The molecule has 2 atom stereocenters. The minimum absolute atomic E-state index is 0.0442. The molecule has 0 aliphatic carbocycles. The maximum Gasteiger partial charge on any atom is 0.234 e. The van der Waals surface area contributed by atoms with Gasteiger partial charge >= 0.3 is 0 Å². The van der Waals surface area contributed by atoms with Crippen LogP contribution in [0.2, 0.25) is 0 Å². The molecule has 0 fully saturated rings. The fourth-order valence-corrected chi connectivity index (χ4v) is 1.35. The SMILES string of the molecule is CC[C@@H](C)NCC(=O)NCCNC(=O)CN[C@H](C)CC. The van der Waals surface area contributed by atoms with Gasteiger partial charge in [-0.05, 0) is 26.7 Å². The van der Waals surface area contributed by atoms with Gasteiger partial charge in [0, 0.05) is 25.2 Å². The largest absolute Gasteiger partial charge is 0.353 e. The van der Waals surface area contributed by atoms with E-state index in [1.54, 1.807) is 0 Å². The fraction of sp³-hybridized carbons (Fsp3) is 0.857. The molecule has 0 saturated carbocycles. The van der Waals surface area contributed by atoms with Crippen LogP contribution in [0.5, 0.6) is 0 Å². The quantitative estimate of drug-likeness (QED) is 0.403. The highest BCUT2D eigenvalue weighted by Gasteiger charge is 2.05. The highest BCUT2D eigenvalue weighted by Crippen LogP contribution is 1.86. The first kappa shape index (κ1) is 18.9. The zero-order valence-corrected chi connectivity index (χ0v) is 13.2. The van der Waals surface area contributed by atoms with E-state index < -0.39 is 0 Å². The van der Waals surface area contributed by atoms with Crippen LogP contribution in [0.1, 0.15) is 40.5 Å². The van der Waals surface area contributed by atoms with Gasteiger partial charge in [0.05, 0.1) is 13.1 Å². The molecular formula is C14H30N4O2. The summed E-state index contributed by atoms with van der Waals surface area (Å²) in [6.45, 7) is 9.76.